The zero-order valence-corrected chi connectivity index (χ0v) is 14.0. The van der Waals surface area contributed by atoms with Crippen LogP contribution in [0.15, 0.2) is 34.8 Å². The Morgan fingerprint density at radius 3 is 2.67 bits per heavy atom. The molecule has 0 aliphatic carbocycles. The summed E-state index contributed by atoms with van der Waals surface area (Å²) in [6.45, 7) is 3.83. The van der Waals surface area contributed by atoms with E-state index in [1.54, 1.807) is 0 Å². The van der Waals surface area contributed by atoms with Crippen molar-refractivity contribution < 1.29 is 14.4 Å². The zero-order chi connectivity index (χ0) is 17.5. The first-order chi connectivity index (χ1) is 11.6. The van der Waals surface area contributed by atoms with E-state index in [2.05, 4.69) is 25.1 Å². The van der Waals surface area contributed by atoms with Crippen LogP contribution in [0.5, 0.6) is 11.6 Å². The molecular formula is C16H19N5O3. The van der Waals surface area contributed by atoms with Crippen LogP contribution in [0.3, 0.4) is 0 Å². The van der Waals surface area contributed by atoms with Gasteiger partial charge in [0, 0.05) is 5.56 Å². The fourth-order valence-corrected chi connectivity index (χ4v) is 2.10. The largest absolute Gasteiger partial charge is 0.438 e. The van der Waals surface area contributed by atoms with E-state index in [0.29, 0.717) is 11.3 Å². The fourth-order valence-electron chi connectivity index (χ4n) is 2.10. The second-order valence-corrected chi connectivity index (χ2v) is 4.83. The van der Waals surface area contributed by atoms with Gasteiger partial charge in [0.15, 0.2) is 0 Å². The van der Waals surface area contributed by atoms with Crippen LogP contribution < -0.4 is 10.5 Å². The summed E-state index contributed by atoms with van der Waals surface area (Å²) in [6, 6.07) is 5.59. The number of oxime groups is 2. The van der Waals surface area contributed by atoms with Gasteiger partial charge in [-0.3, -0.25) is 0 Å². The Balaban J connectivity index is 2.33. The molecule has 126 valence electrons. The third-order valence-electron chi connectivity index (χ3n) is 3.20. The molecule has 0 radical (unpaired) electrons. The SMILES string of the molecule is CON=Cc1c(N)ncnc1Oc1ccc(/C(C)=N\OC)c(C)c1. The number of aryl methyl sites for hydroxylation is 1. The molecule has 1 heterocycles. The highest BCUT2D eigenvalue weighted by Gasteiger charge is 2.11. The number of hydrogen-bond acceptors (Lipinski definition) is 8. The number of benzene rings is 1. The van der Waals surface area contributed by atoms with Crippen molar-refractivity contribution in [2.75, 3.05) is 20.0 Å². The Kier molecular flexibility index (Phi) is 5.67. The molecule has 0 fully saturated rings. The van der Waals surface area contributed by atoms with Crippen molar-refractivity contribution in [3.05, 3.63) is 41.2 Å². The summed E-state index contributed by atoms with van der Waals surface area (Å²) in [4.78, 5) is 17.5. The lowest BCUT2D eigenvalue weighted by Crippen LogP contribution is -2.03. The van der Waals surface area contributed by atoms with E-state index in [1.807, 2.05) is 32.0 Å². The molecule has 1 aromatic carbocycles. The summed E-state index contributed by atoms with van der Waals surface area (Å²) < 4.78 is 5.81. The standard InChI is InChI=1S/C16H19N5O3/c1-10-7-12(5-6-13(10)11(2)21-23-4)24-16-14(8-20-22-3)15(17)18-9-19-16/h5-9H,1-4H3,(H2,17,18,19)/b20-8?,21-11-. The normalized spacial score (nSPS) is 11.6. The van der Waals surface area contributed by atoms with Crippen molar-refractivity contribution in [2.45, 2.75) is 13.8 Å². The van der Waals surface area contributed by atoms with Crippen LogP contribution in [-0.4, -0.2) is 36.1 Å². The molecule has 1 aromatic heterocycles. The molecule has 0 saturated carbocycles. The molecule has 0 saturated heterocycles. The number of rotatable bonds is 6. The highest BCUT2D eigenvalue weighted by molar-refractivity contribution is 5.99. The summed E-state index contributed by atoms with van der Waals surface area (Å²) in [5.41, 5.74) is 9.01. The maximum Gasteiger partial charge on any atom is 0.233 e. The van der Waals surface area contributed by atoms with Crippen molar-refractivity contribution >= 4 is 17.7 Å². The first-order valence-electron chi connectivity index (χ1n) is 7.10. The van der Waals surface area contributed by atoms with E-state index >= 15 is 0 Å². The maximum atomic E-state index is 5.84. The molecule has 2 rings (SSSR count). The van der Waals surface area contributed by atoms with Gasteiger partial charge in [0.1, 0.15) is 37.7 Å². The average molecular weight is 329 g/mol. The topological polar surface area (TPSA) is 104 Å². The van der Waals surface area contributed by atoms with Crippen molar-refractivity contribution in [3.63, 3.8) is 0 Å². The first-order valence-corrected chi connectivity index (χ1v) is 7.10. The minimum atomic E-state index is 0.247. The highest BCUT2D eigenvalue weighted by atomic mass is 16.6. The van der Waals surface area contributed by atoms with Gasteiger partial charge in [-0.15, -0.1) is 0 Å². The van der Waals surface area contributed by atoms with E-state index in [0.717, 1.165) is 16.8 Å². The van der Waals surface area contributed by atoms with Gasteiger partial charge in [0.05, 0.1) is 11.9 Å². The number of nitrogens with zero attached hydrogens (tertiary/aromatic N) is 4. The molecule has 0 aliphatic heterocycles. The molecular weight excluding hydrogens is 310 g/mol. The van der Waals surface area contributed by atoms with Crippen LogP contribution in [0.25, 0.3) is 0 Å². The van der Waals surface area contributed by atoms with E-state index in [9.17, 15) is 0 Å². The molecule has 0 aliphatic rings. The van der Waals surface area contributed by atoms with Crippen LogP contribution in [0.2, 0.25) is 0 Å². The number of nitrogens with two attached hydrogens (primary N) is 1. The zero-order valence-electron chi connectivity index (χ0n) is 14.0. The van der Waals surface area contributed by atoms with E-state index in [1.165, 1.54) is 26.8 Å². The van der Waals surface area contributed by atoms with Gasteiger partial charge in [-0.25, -0.2) is 9.97 Å². The van der Waals surface area contributed by atoms with Gasteiger partial charge in [-0.2, -0.15) is 0 Å². The van der Waals surface area contributed by atoms with E-state index in [-0.39, 0.29) is 11.7 Å². The summed E-state index contributed by atoms with van der Waals surface area (Å²) in [6.07, 6.45) is 2.73. The van der Waals surface area contributed by atoms with Crippen LogP contribution in [0.1, 0.15) is 23.6 Å². The summed E-state index contributed by atoms with van der Waals surface area (Å²) in [7, 11) is 2.95. The molecule has 8 heteroatoms. The number of nitrogen functional groups attached to an aromatic ring is 1. The Morgan fingerprint density at radius 1 is 1.21 bits per heavy atom. The van der Waals surface area contributed by atoms with Crippen LogP contribution in [0.4, 0.5) is 5.82 Å². The van der Waals surface area contributed by atoms with Gasteiger partial charge < -0.3 is 20.1 Å². The van der Waals surface area contributed by atoms with E-state index < -0.39 is 0 Å². The molecule has 0 unspecified atom stereocenters. The van der Waals surface area contributed by atoms with Crippen molar-refractivity contribution in [2.24, 2.45) is 10.3 Å². The quantitative estimate of drug-likeness (QED) is 0.645. The van der Waals surface area contributed by atoms with Crippen LogP contribution in [0, 0.1) is 6.92 Å². The summed E-state index contributed by atoms with van der Waals surface area (Å²) >= 11 is 0. The van der Waals surface area contributed by atoms with Gasteiger partial charge >= 0.3 is 0 Å². The lowest BCUT2D eigenvalue weighted by molar-refractivity contribution is 0.213. The van der Waals surface area contributed by atoms with Gasteiger partial charge in [0.2, 0.25) is 5.88 Å². The fraction of sp³-hybridized carbons (Fsp3) is 0.250. The molecule has 8 nitrogen and oxygen atoms in total. The number of aromatic nitrogens is 2. The lowest BCUT2D eigenvalue weighted by Gasteiger charge is -2.11. The van der Waals surface area contributed by atoms with Crippen LogP contribution >= 0.6 is 0 Å². The third-order valence-corrected chi connectivity index (χ3v) is 3.20. The lowest BCUT2D eigenvalue weighted by atomic mass is 10.1. The predicted octanol–water partition coefficient (Wildman–Crippen LogP) is 2.51. The summed E-state index contributed by atoms with van der Waals surface area (Å²) in [5, 5.41) is 7.62. The maximum absolute atomic E-state index is 5.84. The van der Waals surface area contributed by atoms with Crippen LogP contribution in [-0.2, 0) is 9.68 Å². The first kappa shape index (κ1) is 17.2. The van der Waals surface area contributed by atoms with E-state index in [4.69, 9.17) is 15.3 Å². The molecule has 0 atom stereocenters. The number of anilines is 1. The third kappa shape index (κ3) is 3.97. The molecule has 0 spiro atoms. The smallest absolute Gasteiger partial charge is 0.233 e. The summed E-state index contributed by atoms with van der Waals surface area (Å²) in [5.74, 6) is 1.14. The average Bonchev–Trinajstić information content (AvgIpc) is 2.54. The minimum Gasteiger partial charge on any atom is -0.438 e. The molecule has 24 heavy (non-hydrogen) atoms. The highest BCUT2D eigenvalue weighted by Crippen LogP contribution is 2.26. The number of hydrogen-bond donors (Lipinski definition) is 1. The molecule has 2 N–H and O–H groups in total. The van der Waals surface area contributed by atoms with Crippen molar-refractivity contribution in [1.82, 2.24) is 9.97 Å². The molecule has 0 amide bonds. The van der Waals surface area contributed by atoms with Gasteiger partial charge in [0.25, 0.3) is 0 Å². The minimum absolute atomic E-state index is 0.247. The van der Waals surface area contributed by atoms with Crippen molar-refractivity contribution in [3.8, 4) is 11.6 Å². The van der Waals surface area contributed by atoms with Gasteiger partial charge in [-0.1, -0.05) is 10.3 Å². The predicted molar refractivity (Wildman–Crippen MR) is 91.5 cm³/mol. The second-order valence-electron chi connectivity index (χ2n) is 4.83. The van der Waals surface area contributed by atoms with Crippen molar-refractivity contribution in [1.29, 1.82) is 0 Å². The van der Waals surface area contributed by atoms with Gasteiger partial charge in [-0.05, 0) is 37.6 Å². The number of ether oxygens (including phenoxy) is 1. The monoisotopic (exact) mass is 329 g/mol. The Labute approximate surface area is 139 Å². The Bertz CT molecular complexity index is 774. The Hall–Kier alpha value is -3.16. The second kappa shape index (κ2) is 7.91. The molecule has 0 bridgehead atoms. The molecule has 2 aromatic rings. The Morgan fingerprint density at radius 2 is 2.00 bits per heavy atom.